The normalized spacial score (nSPS) is 17.8. The van der Waals surface area contributed by atoms with E-state index in [-0.39, 0.29) is 5.69 Å². The minimum Gasteiger partial charge on any atom is -0.399 e. The van der Waals surface area contributed by atoms with E-state index in [0.29, 0.717) is 26.2 Å². The summed E-state index contributed by atoms with van der Waals surface area (Å²) in [6, 6.07) is 3.48. The van der Waals surface area contributed by atoms with E-state index in [1.807, 2.05) is 7.05 Å². The van der Waals surface area contributed by atoms with Crippen molar-refractivity contribution in [3.8, 4) is 0 Å². The van der Waals surface area contributed by atoms with Crippen molar-refractivity contribution < 1.29 is 13.3 Å². The molecule has 21 heavy (non-hydrogen) atoms. The molecule has 1 saturated heterocycles. The number of nitrogen functional groups attached to an aromatic ring is 1. The summed E-state index contributed by atoms with van der Waals surface area (Å²) in [6.45, 7) is 2.43. The Labute approximate surface area is 122 Å². The molecule has 2 rings (SSSR count). The van der Waals surface area contributed by atoms with Gasteiger partial charge in [-0.1, -0.05) is 0 Å². The van der Waals surface area contributed by atoms with Crippen molar-refractivity contribution in [1.82, 2.24) is 14.7 Å². The summed E-state index contributed by atoms with van der Waals surface area (Å²) in [5.74, 6) is 0. The molecule has 1 aliphatic rings. The number of likely N-dealkylation sites (N-methyl/N-ethyl adjacent to an activating group) is 1. The van der Waals surface area contributed by atoms with Gasteiger partial charge in [0.25, 0.3) is 15.7 Å². The number of hydrogen-bond acceptors (Lipinski definition) is 7. The Hall–Kier alpha value is -1.75. The van der Waals surface area contributed by atoms with E-state index in [9.17, 15) is 18.5 Å². The van der Waals surface area contributed by atoms with Gasteiger partial charge in [0.2, 0.25) is 0 Å². The second-order valence-electron chi connectivity index (χ2n) is 4.87. The van der Waals surface area contributed by atoms with Gasteiger partial charge in [0.05, 0.1) is 4.92 Å². The average Bonchev–Trinajstić information content (AvgIpc) is 2.41. The first-order chi connectivity index (χ1) is 9.79. The van der Waals surface area contributed by atoms with Gasteiger partial charge in [-0.05, 0) is 19.2 Å². The summed E-state index contributed by atoms with van der Waals surface area (Å²) in [6.07, 6.45) is 0. The minimum absolute atomic E-state index is 0.152. The molecule has 1 heterocycles. The van der Waals surface area contributed by atoms with Crippen molar-refractivity contribution in [3.05, 3.63) is 28.3 Å². The van der Waals surface area contributed by atoms with Gasteiger partial charge in [-0.25, -0.2) is 13.4 Å². The number of sulfonamides is 1. The molecule has 1 aromatic carbocycles. The third-order valence-electron chi connectivity index (χ3n) is 3.22. The molecule has 0 unspecified atom stereocenters. The molecule has 116 valence electrons. The second kappa shape index (κ2) is 5.93. The predicted molar refractivity (Wildman–Crippen MR) is 76.9 cm³/mol. The van der Waals surface area contributed by atoms with Crippen LogP contribution in [0.4, 0.5) is 11.4 Å². The lowest BCUT2D eigenvalue weighted by Gasteiger charge is -2.32. The lowest BCUT2D eigenvalue weighted by molar-refractivity contribution is -0.387. The molecule has 0 aliphatic carbocycles. The van der Waals surface area contributed by atoms with E-state index in [1.54, 1.807) is 0 Å². The maximum atomic E-state index is 12.3. The van der Waals surface area contributed by atoms with E-state index in [2.05, 4.69) is 9.73 Å². The van der Waals surface area contributed by atoms with Crippen molar-refractivity contribution in [1.29, 1.82) is 0 Å². The molecule has 1 aliphatic heterocycles. The Balaban J connectivity index is 2.27. The molecule has 0 bridgehead atoms. The molecule has 0 spiro atoms. The van der Waals surface area contributed by atoms with Crippen LogP contribution in [0.2, 0.25) is 0 Å². The van der Waals surface area contributed by atoms with Crippen LogP contribution < -0.4 is 10.6 Å². The number of nitrogens with one attached hydrogen (secondary N) is 1. The minimum atomic E-state index is -4.04. The van der Waals surface area contributed by atoms with E-state index in [0.717, 1.165) is 12.1 Å². The van der Waals surface area contributed by atoms with Gasteiger partial charge in [-0.3, -0.25) is 10.1 Å². The van der Waals surface area contributed by atoms with E-state index in [1.165, 1.54) is 11.1 Å². The standard InChI is InChI=1S/C11H17N5O4S/c1-14-4-6-15(7-5-14)13-21(19,20)11-8-9(12)2-3-10(11)16(17)18/h2-3,8,13H,4-7,12H2,1H3. The van der Waals surface area contributed by atoms with Crippen molar-refractivity contribution in [3.63, 3.8) is 0 Å². The summed E-state index contributed by atoms with van der Waals surface area (Å²) in [4.78, 5) is 14.2. The van der Waals surface area contributed by atoms with Crippen molar-refractivity contribution in [2.75, 3.05) is 39.0 Å². The Bertz CT molecular complexity index is 640. The van der Waals surface area contributed by atoms with Crippen LogP contribution in [-0.4, -0.2) is 56.5 Å². The first-order valence-corrected chi connectivity index (χ1v) is 7.78. The smallest absolute Gasteiger partial charge is 0.289 e. The number of nitro groups is 1. The van der Waals surface area contributed by atoms with Crippen LogP contribution >= 0.6 is 0 Å². The van der Waals surface area contributed by atoms with Gasteiger partial charge in [0, 0.05) is 37.9 Å². The summed E-state index contributed by atoms with van der Waals surface area (Å²) >= 11 is 0. The molecule has 0 saturated carbocycles. The van der Waals surface area contributed by atoms with Crippen molar-refractivity contribution in [2.24, 2.45) is 0 Å². The van der Waals surface area contributed by atoms with Gasteiger partial charge in [-0.2, -0.15) is 0 Å². The maximum absolute atomic E-state index is 12.3. The highest BCUT2D eigenvalue weighted by atomic mass is 32.2. The number of piperazine rings is 1. The van der Waals surface area contributed by atoms with Crippen LogP contribution in [0, 0.1) is 10.1 Å². The highest BCUT2D eigenvalue weighted by Crippen LogP contribution is 2.25. The maximum Gasteiger partial charge on any atom is 0.289 e. The predicted octanol–water partition coefficient (Wildman–Crippen LogP) is -0.382. The molecule has 0 atom stereocenters. The van der Waals surface area contributed by atoms with E-state index in [4.69, 9.17) is 5.73 Å². The van der Waals surface area contributed by atoms with Crippen LogP contribution in [0.1, 0.15) is 0 Å². The number of hydrazine groups is 1. The summed E-state index contributed by atoms with van der Waals surface area (Å²) in [5, 5.41) is 12.5. The monoisotopic (exact) mass is 315 g/mol. The van der Waals surface area contributed by atoms with Gasteiger partial charge in [0.1, 0.15) is 0 Å². The third kappa shape index (κ3) is 3.67. The Kier molecular flexibility index (Phi) is 4.42. The molecule has 0 radical (unpaired) electrons. The zero-order valence-electron chi connectivity index (χ0n) is 11.5. The number of nitro benzene ring substituents is 1. The Morgan fingerprint density at radius 1 is 1.29 bits per heavy atom. The average molecular weight is 315 g/mol. The van der Waals surface area contributed by atoms with Crippen LogP contribution in [0.5, 0.6) is 0 Å². The third-order valence-corrected chi connectivity index (χ3v) is 4.63. The van der Waals surface area contributed by atoms with Crippen LogP contribution in [0.15, 0.2) is 23.1 Å². The zero-order valence-corrected chi connectivity index (χ0v) is 12.3. The fourth-order valence-corrected chi connectivity index (χ4v) is 3.34. The Morgan fingerprint density at radius 3 is 2.48 bits per heavy atom. The lowest BCUT2D eigenvalue weighted by Crippen LogP contribution is -2.52. The number of hydrogen-bond donors (Lipinski definition) is 2. The molecular weight excluding hydrogens is 298 g/mol. The lowest BCUT2D eigenvalue weighted by atomic mass is 10.3. The molecule has 0 aromatic heterocycles. The molecule has 9 nitrogen and oxygen atoms in total. The van der Waals surface area contributed by atoms with Crippen LogP contribution in [0.3, 0.4) is 0 Å². The quantitative estimate of drug-likeness (QED) is 0.441. The van der Waals surface area contributed by atoms with E-state index >= 15 is 0 Å². The number of nitrogens with two attached hydrogens (primary N) is 1. The van der Waals surface area contributed by atoms with Gasteiger partial charge in [0.15, 0.2) is 4.90 Å². The first kappa shape index (κ1) is 15.6. The summed E-state index contributed by atoms with van der Waals surface area (Å²) < 4.78 is 24.7. The molecule has 0 amide bonds. The van der Waals surface area contributed by atoms with Crippen molar-refractivity contribution in [2.45, 2.75) is 4.90 Å². The van der Waals surface area contributed by atoms with Crippen molar-refractivity contribution >= 4 is 21.4 Å². The van der Waals surface area contributed by atoms with Gasteiger partial charge >= 0.3 is 0 Å². The first-order valence-electron chi connectivity index (χ1n) is 6.29. The summed E-state index contributed by atoms with van der Waals surface area (Å²) in [7, 11) is -2.10. The molecule has 1 aromatic rings. The van der Waals surface area contributed by atoms with Crippen LogP contribution in [0.25, 0.3) is 0 Å². The summed E-state index contributed by atoms with van der Waals surface area (Å²) in [5.41, 5.74) is 5.20. The highest BCUT2D eigenvalue weighted by Gasteiger charge is 2.28. The SMILES string of the molecule is CN1CCN(NS(=O)(=O)c2cc(N)ccc2[N+](=O)[O-])CC1. The molecule has 3 N–H and O–H groups in total. The fourth-order valence-electron chi connectivity index (χ4n) is 2.01. The number of rotatable bonds is 4. The second-order valence-corrected chi connectivity index (χ2v) is 6.50. The number of benzene rings is 1. The number of anilines is 1. The molecule has 10 heteroatoms. The van der Waals surface area contributed by atoms with E-state index < -0.39 is 25.5 Å². The largest absolute Gasteiger partial charge is 0.399 e. The fraction of sp³-hybridized carbons (Fsp3) is 0.455. The molecular formula is C11H17N5O4S. The topological polar surface area (TPSA) is 122 Å². The van der Waals surface area contributed by atoms with Crippen LogP contribution in [-0.2, 0) is 10.0 Å². The number of nitrogens with zero attached hydrogens (tertiary/aromatic N) is 3. The van der Waals surface area contributed by atoms with Gasteiger partial charge < -0.3 is 10.6 Å². The van der Waals surface area contributed by atoms with Gasteiger partial charge in [-0.15, -0.1) is 4.83 Å². The highest BCUT2D eigenvalue weighted by molar-refractivity contribution is 7.89. The Morgan fingerprint density at radius 2 is 1.90 bits per heavy atom. The molecule has 1 fully saturated rings. The zero-order chi connectivity index (χ0) is 15.6.